The quantitative estimate of drug-likeness (QED) is 0.721. The second kappa shape index (κ2) is 7.37. The molecule has 1 amide bonds. The molecule has 0 unspecified atom stereocenters. The van der Waals surface area contributed by atoms with E-state index in [2.05, 4.69) is 4.98 Å². The molecule has 0 atom stereocenters. The Bertz CT molecular complexity index is 1040. The molecule has 0 saturated heterocycles. The predicted molar refractivity (Wildman–Crippen MR) is 101 cm³/mol. The fraction of sp³-hybridized carbons (Fsp3) is 0.316. The van der Waals surface area contributed by atoms with Gasteiger partial charge >= 0.3 is 0 Å². The van der Waals surface area contributed by atoms with Crippen molar-refractivity contribution in [3.8, 4) is 0 Å². The highest BCUT2D eigenvalue weighted by Crippen LogP contribution is 2.27. The van der Waals surface area contributed by atoms with E-state index in [4.69, 9.17) is 5.73 Å². The predicted octanol–water partition coefficient (Wildman–Crippen LogP) is 3.07. The van der Waals surface area contributed by atoms with Crippen molar-refractivity contribution in [2.24, 2.45) is 5.73 Å². The van der Waals surface area contributed by atoms with Crippen LogP contribution in [0.2, 0.25) is 0 Å². The maximum Gasteiger partial charge on any atom is 0.262 e. The average Bonchev–Trinajstić information content (AvgIpc) is 2.86. The zero-order chi connectivity index (χ0) is 18.8. The van der Waals surface area contributed by atoms with Crippen LogP contribution in [0.15, 0.2) is 29.1 Å². The number of amides is 1. The van der Waals surface area contributed by atoms with Crippen molar-refractivity contribution in [3.63, 3.8) is 0 Å². The van der Waals surface area contributed by atoms with E-state index in [1.807, 2.05) is 13.8 Å². The van der Waals surface area contributed by atoms with Gasteiger partial charge in [0.2, 0.25) is 5.91 Å². The standard InChI is InChI=1S/C19H20FN3O2S/c1-11-12(2)26-18-17(11)19(25)23(9-5-8-15(21)24)16(22-18)10-13-6-3-4-7-14(13)20/h3-4,6-7H,5,8-10H2,1-2H3,(H2,21,24). The Hall–Kier alpha value is -2.54. The molecule has 0 aliphatic heterocycles. The molecule has 136 valence electrons. The van der Waals surface area contributed by atoms with Gasteiger partial charge in [0, 0.05) is 24.3 Å². The number of fused-ring (bicyclic) bond motifs is 1. The number of aryl methyl sites for hydroxylation is 2. The molecule has 26 heavy (non-hydrogen) atoms. The van der Waals surface area contributed by atoms with Crippen LogP contribution in [-0.2, 0) is 17.8 Å². The van der Waals surface area contributed by atoms with E-state index >= 15 is 0 Å². The maximum atomic E-state index is 14.1. The van der Waals surface area contributed by atoms with Gasteiger partial charge in [-0.25, -0.2) is 9.37 Å². The molecule has 0 radical (unpaired) electrons. The first-order valence-electron chi connectivity index (χ1n) is 8.39. The number of thiophene rings is 1. The summed E-state index contributed by atoms with van der Waals surface area (Å²) in [7, 11) is 0. The third-order valence-electron chi connectivity index (χ3n) is 4.48. The van der Waals surface area contributed by atoms with Crippen molar-refractivity contribution in [1.82, 2.24) is 9.55 Å². The van der Waals surface area contributed by atoms with Crippen LogP contribution < -0.4 is 11.3 Å². The van der Waals surface area contributed by atoms with Crippen LogP contribution in [0, 0.1) is 19.7 Å². The molecule has 0 aliphatic carbocycles. The third kappa shape index (κ3) is 3.53. The van der Waals surface area contributed by atoms with Crippen molar-refractivity contribution in [3.05, 3.63) is 62.3 Å². The van der Waals surface area contributed by atoms with Crippen molar-refractivity contribution >= 4 is 27.5 Å². The first kappa shape index (κ1) is 18.3. The van der Waals surface area contributed by atoms with Crippen LogP contribution in [0.3, 0.4) is 0 Å². The summed E-state index contributed by atoms with van der Waals surface area (Å²) in [4.78, 5) is 30.4. The summed E-state index contributed by atoms with van der Waals surface area (Å²) in [5, 5.41) is 0.601. The molecule has 0 aliphatic rings. The minimum absolute atomic E-state index is 0.146. The third-order valence-corrected chi connectivity index (χ3v) is 5.58. The minimum atomic E-state index is -0.412. The Morgan fingerprint density at radius 2 is 2.04 bits per heavy atom. The number of aromatic nitrogens is 2. The van der Waals surface area contributed by atoms with E-state index in [1.165, 1.54) is 17.4 Å². The summed E-state index contributed by atoms with van der Waals surface area (Å²) in [6.07, 6.45) is 0.838. The van der Waals surface area contributed by atoms with Crippen molar-refractivity contribution in [2.45, 2.75) is 39.7 Å². The molecular weight excluding hydrogens is 353 g/mol. The van der Waals surface area contributed by atoms with Crippen LogP contribution in [-0.4, -0.2) is 15.5 Å². The number of rotatable bonds is 6. The van der Waals surface area contributed by atoms with Crippen LogP contribution in [0.25, 0.3) is 10.2 Å². The molecule has 0 bridgehead atoms. The molecule has 7 heteroatoms. The largest absolute Gasteiger partial charge is 0.370 e. The normalized spacial score (nSPS) is 11.2. The number of benzene rings is 1. The Morgan fingerprint density at radius 3 is 2.73 bits per heavy atom. The van der Waals surface area contributed by atoms with Gasteiger partial charge in [0.1, 0.15) is 16.5 Å². The first-order chi connectivity index (χ1) is 12.4. The van der Waals surface area contributed by atoms with Gasteiger partial charge in [-0.1, -0.05) is 18.2 Å². The van der Waals surface area contributed by atoms with E-state index in [0.717, 1.165) is 10.4 Å². The topological polar surface area (TPSA) is 78.0 Å². The summed E-state index contributed by atoms with van der Waals surface area (Å²) in [5.74, 6) is -0.243. The molecule has 0 spiro atoms. The number of nitrogens with two attached hydrogens (primary N) is 1. The zero-order valence-electron chi connectivity index (χ0n) is 14.7. The molecule has 3 rings (SSSR count). The van der Waals surface area contributed by atoms with Gasteiger partial charge in [-0.15, -0.1) is 11.3 Å². The highest BCUT2D eigenvalue weighted by Gasteiger charge is 2.17. The van der Waals surface area contributed by atoms with Gasteiger partial charge in [0.05, 0.1) is 5.39 Å². The SMILES string of the molecule is Cc1sc2nc(Cc3ccccc3F)n(CCCC(N)=O)c(=O)c2c1C. The van der Waals surface area contributed by atoms with Crippen molar-refractivity contribution in [2.75, 3.05) is 0 Å². The first-order valence-corrected chi connectivity index (χ1v) is 9.21. The molecule has 5 nitrogen and oxygen atoms in total. The van der Waals surface area contributed by atoms with Gasteiger partial charge in [0.15, 0.2) is 0 Å². The van der Waals surface area contributed by atoms with Crippen molar-refractivity contribution < 1.29 is 9.18 Å². The number of hydrogen-bond donors (Lipinski definition) is 1. The number of primary amides is 1. The summed E-state index contributed by atoms with van der Waals surface area (Å²) in [5.41, 5.74) is 6.46. The average molecular weight is 373 g/mol. The highest BCUT2D eigenvalue weighted by molar-refractivity contribution is 7.18. The molecule has 3 aromatic rings. The fourth-order valence-corrected chi connectivity index (χ4v) is 4.00. The molecule has 1 aromatic carbocycles. The fourth-order valence-electron chi connectivity index (χ4n) is 2.96. The summed E-state index contributed by atoms with van der Waals surface area (Å²) in [6.45, 7) is 4.18. The lowest BCUT2D eigenvalue weighted by Gasteiger charge is -2.13. The van der Waals surface area contributed by atoms with E-state index in [1.54, 1.807) is 22.8 Å². The number of nitrogens with zero attached hydrogens (tertiary/aromatic N) is 2. The molecular formula is C19H20FN3O2S. The van der Waals surface area contributed by atoms with Gasteiger partial charge in [-0.3, -0.25) is 14.2 Å². The van der Waals surface area contributed by atoms with Gasteiger partial charge in [0.25, 0.3) is 5.56 Å². The van der Waals surface area contributed by atoms with Crippen LogP contribution in [0.5, 0.6) is 0 Å². The van der Waals surface area contributed by atoms with Crippen LogP contribution in [0.1, 0.15) is 34.7 Å². The van der Waals surface area contributed by atoms with Crippen LogP contribution >= 0.6 is 11.3 Å². The Kier molecular flexibility index (Phi) is 5.18. The lowest BCUT2D eigenvalue weighted by molar-refractivity contribution is -0.118. The summed E-state index contributed by atoms with van der Waals surface area (Å²) in [6, 6.07) is 6.46. The molecule has 0 fully saturated rings. The molecule has 2 aromatic heterocycles. The molecule has 2 N–H and O–H groups in total. The smallest absolute Gasteiger partial charge is 0.262 e. The number of carbonyl (C=O) groups is 1. The number of carbonyl (C=O) groups excluding carboxylic acids is 1. The second-order valence-corrected chi connectivity index (χ2v) is 7.49. The van der Waals surface area contributed by atoms with E-state index < -0.39 is 5.91 Å². The van der Waals surface area contributed by atoms with Gasteiger partial charge in [-0.05, 0) is 37.5 Å². The Balaban J connectivity index is 2.11. The molecule has 2 heterocycles. The second-order valence-electron chi connectivity index (χ2n) is 6.29. The van der Waals surface area contributed by atoms with Gasteiger partial charge < -0.3 is 5.73 Å². The summed E-state index contributed by atoms with van der Waals surface area (Å²) >= 11 is 1.47. The van der Waals surface area contributed by atoms with E-state index in [9.17, 15) is 14.0 Å². The Morgan fingerprint density at radius 1 is 1.31 bits per heavy atom. The lowest BCUT2D eigenvalue weighted by atomic mass is 10.1. The zero-order valence-corrected chi connectivity index (χ0v) is 15.5. The lowest BCUT2D eigenvalue weighted by Crippen LogP contribution is -2.26. The minimum Gasteiger partial charge on any atom is -0.370 e. The van der Waals surface area contributed by atoms with Crippen LogP contribution in [0.4, 0.5) is 4.39 Å². The number of halogens is 1. The highest BCUT2D eigenvalue weighted by atomic mass is 32.1. The van der Waals surface area contributed by atoms with E-state index in [0.29, 0.717) is 34.6 Å². The van der Waals surface area contributed by atoms with E-state index in [-0.39, 0.29) is 24.2 Å². The van der Waals surface area contributed by atoms with Crippen molar-refractivity contribution in [1.29, 1.82) is 0 Å². The Labute approximate surface area is 154 Å². The molecule has 0 saturated carbocycles. The monoisotopic (exact) mass is 373 g/mol. The maximum absolute atomic E-state index is 14.1. The summed E-state index contributed by atoms with van der Waals surface area (Å²) < 4.78 is 15.6. The number of hydrogen-bond acceptors (Lipinski definition) is 4. The van der Waals surface area contributed by atoms with Gasteiger partial charge in [-0.2, -0.15) is 0 Å².